The highest BCUT2D eigenvalue weighted by atomic mass is 32.1. The van der Waals surface area contributed by atoms with Crippen LogP contribution in [0.3, 0.4) is 0 Å². The van der Waals surface area contributed by atoms with Gasteiger partial charge in [0.05, 0.1) is 10.6 Å². The van der Waals surface area contributed by atoms with E-state index in [2.05, 4.69) is 70.2 Å². The molecule has 6 heteroatoms. The predicted molar refractivity (Wildman–Crippen MR) is 101 cm³/mol. The van der Waals surface area contributed by atoms with Gasteiger partial charge in [-0.2, -0.15) is 10.1 Å². The number of hydrogen-bond donors (Lipinski definition) is 2. The highest BCUT2D eigenvalue weighted by molar-refractivity contribution is 7.11. The quantitative estimate of drug-likeness (QED) is 0.736. The number of anilines is 1. The molecule has 25 heavy (non-hydrogen) atoms. The average molecular weight is 352 g/mol. The molecule has 5 nitrogen and oxygen atoms in total. The summed E-state index contributed by atoms with van der Waals surface area (Å²) in [5, 5.41) is 19.2. The first-order chi connectivity index (χ1) is 12.2. The van der Waals surface area contributed by atoms with Gasteiger partial charge in [0, 0.05) is 13.0 Å². The first-order valence-electron chi connectivity index (χ1n) is 8.40. The van der Waals surface area contributed by atoms with Crippen molar-refractivity contribution in [2.24, 2.45) is 0 Å². The highest BCUT2D eigenvalue weighted by Crippen LogP contribution is 2.34. The number of aromatic nitrogens is 3. The van der Waals surface area contributed by atoms with Gasteiger partial charge in [-0.1, -0.05) is 35.9 Å². The Morgan fingerprint density at radius 3 is 2.80 bits per heavy atom. The van der Waals surface area contributed by atoms with E-state index in [1.54, 1.807) is 11.3 Å². The number of hydrogen-bond acceptors (Lipinski definition) is 5. The number of aliphatic hydroxyl groups excluding tert-OH is 1. The maximum atomic E-state index is 9.07. The van der Waals surface area contributed by atoms with Crippen molar-refractivity contribution < 1.29 is 5.11 Å². The molecule has 3 heterocycles. The van der Waals surface area contributed by atoms with E-state index < -0.39 is 0 Å². The topological polar surface area (TPSA) is 63.0 Å². The molecule has 0 amide bonds. The molecule has 2 N–H and O–H groups in total. The van der Waals surface area contributed by atoms with Gasteiger partial charge in [-0.05, 0) is 36.4 Å². The standard InChI is InChI=1S/C19H20N4OS/c1-13-6-8-14(9-7-13)16-12-15(17-4-3-11-25-17)20-19-21-18(5-2-10-24)22-23(16)19/h3-4,6-9,11-12,16,24H,2,5,10H2,1H3,(H,20,21,22)/t16-/m1/s1. The van der Waals surface area contributed by atoms with Crippen molar-refractivity contribution >= 4 is 23.0 Å². The number of rotatable bonds is 5. The van der Waals surface area contributed by atoms with E-state index >= 15 is 0 Å². The normalized spacial score (nSPS) is 16.2. The molecule has 4 rings (SSSR count). The van der Waals surface area contributed by atoms with Crippen LogP contribution in [0.25, 0.3) is 5.70 Å². The van der Waals surface area contributed by atoms with E-state index in [9.17, 15) is 0 Å². The molecule has 0 saturated heterocycles. The molecule has 0 saturated carbocycles. The summed E-state index contributed by atoms with van der Waals surface area (Å²) in [6, 6.07) is 12.7. The summed E-state index contributed by atoms with van der Waals surface area (Å²) in [5.74, 6) is 1.51. The summed E-state index contributed by atoms with van der Waals surface area (Å²) >= 11 is 1.70. The molecule has 0 bridgehead atoms. The molecule has 0 radical (unpaired) electrons. The van der Waals surface area contributed by atoms with Gasteiger partial charge < -0.3 is 10.4 Å². The van der Waals surface area contributed by atoms with Crippen LogP contribution in [0.1, 0.15) is 34.3 Å². The van der Waals surface area contributed by atoms with Gasteiger partial charge in [0.1, 0.15) is 6.04 Å². The van der Waals surface area contributed by atoms with E-state index in [1.165, 1.54) is 16.0 Å². The summed E-state index contributed by atoms with van der Waals surface area (Å²) in [7, 11) is 0. The van der Waals surface area contributed by atoms with Crippen LogP contribution in [0.2, 0.25) is 0 Å². The van der Waals surface area contributed by atoms with Gasteiger partial charge in [0.15, 0.2) is 5.82 Å². The van der Waals surface area contributed by atoms with E-state index in [-0.39, 0.29) is 12.6 Å². The summed E-state index contributed by atoms with van der Waals surface area (Å²) in [5.41, 5.74) is 3.48. The second-order valence-electron chi connectivity index (χ2n) is 6.16. The fraction of sp³-hybridized carbons (Fsp3) is 0.263. The third-order valence-corrected chi connectivity index (χ3v) is 5.18. The molecular formula is C19H20N4OS. The first-order valence-corrected chi connectivity index (χ1v) is 9.28. The van der Waals surface area contributed by atoms with Crippen molar-refractivity contribution in [3.05, 3.63) is 69.7 Å². The largest absolute Gasteiger partial charge is 0.396 e. The van der Waals surface area contributed by atoms with Crippen molar-refractivity contribution in [2.45, 2.75) is 25.8 Å². The second-order valence-corrected chi connectivity index (χ2v) is 7.11. The Balaban J connectivity index is 1.76. The molecule has 0 fully saturated rings. The van der Waals surface area contributed by atoms with Gasteiger partial charge in [-0.25, -0.2) is 4.68 Å². The second kappa shape index (κ2) is 6.82. The third-order valence-electron chi connectivity index (χ3n) is 4.27. The number of aliphatic hydroxyl groups is 1. The number of nitrogens with one attached hydrogen (secondary N) is 1. The molecule has 3 aromatic rings. The van der Waals surface area contributed by atoms with Crippen LogP contribution in [0.5, 0.6) is 0 Å². The Morgan fingerprint density at radius 1 is 1.24 bits per heavy atom. The summed E-state index contributed by atoms with van der Waals surface area (Å²) < 4.78 is 1.94. The number of fused-ring (bicyclic) bond motifs is 1. The Hall–Kier alpha value is -2.44. The number of aryl methyl sites for hydroxylation is 2. The van der Waals surface area contributed by atoms with E-state index in [1.807, 2.05) is 4.68 Å². The molecule has 0 aliphatic carbocycles. The van der Waals surface area contributed by atoms with Crippen molar-refractivity contribution in [3.63, 3.8) is 0 Å². The van der Waals surface area contributed by atoms with E-state index in [4.69, 9.17) is 5.11 Å². The Bertz CT molecular complexity index is 881. The van der Waals surface area contributed by atoms with Crippen LogP contribution in [-0.2, 0) is 6.42 Å². The minimum Gasteiger partial charge on any atom is -0.396 e. The lowest BCUT2D eigenvalue weighted by atomic mass is 10.0. The third kappa shape index (κ3) is 3.23. The van der Waals surface area contributed by atoms with Crippen LogP contribution < -0.4 is 5.32 Å². The summed E-state index contributed by atoms with van der Waals surface area (Å²) in [4.78, 5) is 5.82. The molecular weight excluding hydrogens is 332 g/mol. The predicted octanol–water partition coefficient (Wildman–Crippen LogP) is 3.63. The van der Waals surface area contributed by atoms with Crippen LogP contribution in [0, 0.1) is 6.92 Å². The zero-order valence-corrected chi connectivity index (χ0v) is 14.8. The molecule has 1 aromatic carbocycles. The lowest BCUT2D eigenvalue weighted by molar-refractivity contribution is 0.287. The molecule has 1 atom stereocenters. The number of nitrogens with zero attached hydrogens (tertiary/aromatic N) is 3. The molecule has 1 aliphatic heterocycles. The lowest BCUT2D eigenvalue weighted by Gasteiger charge is -2.23. The van der Waals surface area contributed by atoms with Gasteiger partial charge in [0.2, 0.25) is 5.95 Å². The highest BCUT2D eigenvalue weighted by Gasteiger charge is 2.25. The van der Waals surface area contributed by atoms with E-state index in [0.717, 1.165) is 17.5 Å². The van der Waals surface area contributed by atoms with Gasteiger partial charge in [-0.3, -0.25) is 0 Å². The Morgan fingerprint density at radius 2 is 2.08 bits per heavy atom. The number of thiophene rings is 1. The Labute approximate surface area is 150 Å². The van der Waals surface area contributed by atoms with Crippen LogP contribution >= 0.6 is 11.3 Å². The SMILES string of the molecule is Cc1ccc([C@H]2C=C(c3cccs3)Nc3nc(CCCO)nn32)cc1. The zero-order valence-electron chi connectivity index (χ0n) is 14.0. The minimum atomic E-state index is 0.00401. The lowest BCUT2D eigenvalue weighted by Crippen LogP contribution is -2.20. The van der Waals surface area contributed by atoms with Gasteiger partial charge in [-0.15, -0.1) is 11.3 Å². The zero-order chi connectivity index (χ0) is 17.2. The maximum Gasteiger partial charge on any atom is 0.226 e. The van der Waals surface area contributed by atoms with Crippen molar-refractivity contribution in [1.29, 1.82) is 0 Å². The van der Waals surface area contributed by atoms with Crippen LogP contribution in [-0.4, -0.2) is 26.5 Å². The fourth-order valence-corrected chi connectivity index (χ4v) is 3.66. The van der Waals surface area contributed by atoms with Crippen molar-refractivity contribution in [1.82, 2.24) is 14.8 Å². The monoisotopic (exact) mass is 352 g/mol. The smallest absolute Gasteiger partial charge is 0.226 e. The molecule has 0 spiro atoms. The van der Waals surface area contributed by atoms with Gasteiger partial charge >= 0.3 is 0 Å². The van der Waals surface area contributed by atoms with Crippen molar-refractivity contribution in [2.75, 3.05) is 11.9 Å². The molecule has 1 aliphatic rings. The van der Waals surface area contributed by atoms with Crippen molar-refractivity contribution in [3.8, 4) is 0 Å². The van der Waals surface area contributed by atoms with E-state index in [0.29, 0.717) is 12.8 Å². The first kappa shape index (κ1) is 16.1. The maximum absolute atomic E-state index is 9.07. The average Bonchev–Trinajstić information content (AvgIpc) is 3.29. The van der Waals surface area contributed by atoms with Crippen LogP contribution in [0.15, 0.2) is 47.9 Å². The molecule has 128 valence electrons. The molecule has 2 aromatic heterocycles. The molecule has 0 unspecified atom stereocenters. The Kier molecular flexibility index (Phi) is 4.38. The number of benzene rings is 1. The minimum absolute atomic E-state index is 0.00401. The fourth-order valence-electron chi connectivity index (χ4n) is 2.96. The van der Waals surface area contributed by atoms with Gasteiger partial charge in [0.25, 0.3) is 0 Å². The number of allylic oxidation sites excluding steroid dienone is 1. The summed E-state index contributed by atoms with van der Waals surface area (Å²) in [6.45, 7) is 2.24. The van der Waals surface area contributed by atoms with Crippen LogP contribution in [0.4, 0.5) is 5.95 Å². The summed E-state index contributed by atoms with van der Waals surface area (Å²) in [6.07, 6.45) is 3.55.